The number of aliphatic hydroxyl groups excluding tert-OH is 1. The molecule has 10 heteroatoms. The number of fused-ring (bicyclic) bond motifs is 1. The van der Waals surface area contributed by atoms with E-state index >= 15 is 0 Å². The summed E-state index contributed by atoms with van der Waals surface area (Å²) in [5, 5.41) is 15.3. The van der Waals surface area contributed by atoms with Crippen molar-refractivity contribution < 1.29 is 27.9 Å². The lowest BCUT2D eigenvalue weighted by atomic mass is 9.96. The van der Waals surface area contributed by atoms with Gasteiger partial charge in [0.1, 0.15) is 6.10 Å². The molecule has 0 fully saturated rings. The highest BCUT2D eigenvalue weighted by Gasteiger charge is 2.30. The smallest absolute Gasteiger partial charge is 0.383 e. The molecule has 0 saturated carbocycles. The second-order valence-electron chi connectivity index (χ2n) is 8.99. The standard InChI is InChI=1S/C29H26F3N3O3.ClH/c1-35(2)21-15-11-19(12-16-21)22(18-9-13-20(14-10-18)29(30,31)32)5-3-8-27(37)33-24-6-4-7-25-23(24)17-26(36)28(38)34-25;/h3-16,26,36H,17H2,1-2H3,(H,33,37)(H,34,38);1H/b8-3+,22-5-;. The normalized spacial score (nSPS) is 15.3. The van der Waals surface area contributed by atoms with E-state index in [1.807, 2.05) is 43.3 Å². The van der Waals surface area contributed by atoms with Gasteiger partial charge in [-0.15, -0.1) is 12.4 Å². The molecule has 204 valence electrons. The minimum Gasteiger partial charge on any atom is -0.383 e. The number of halogens is 4. The fraction of sp³-hybridized carbons (Fsp3) is 0.172. The van der Waals surface area contributed by atoms with E-state index in [2.05, 4.69) is 10.6 Å². The minimum absolute atomic E-state index is 0. The molecule has 1 unspecified atom stereocenters. The van der Waals surface area contributed by atoms with E-state index in [4.69, 9.17) is 0 Å². The van der Waals surface area contributed by atoms with Gasteiger partial charge in [0.25, 0.3) is 5.91 Å². The molecule has 4 rings (SSSR count). The van der Waals surface area contributed by atoms with Crippen molar-refractivity contribution in [1.82, 2.24) is 0 Å². The quantitative estimate of drug-likeness (QED) is 0.269. The number of nitrogens with zero attached hydrogens (tertiary/aromatic N) is 1. The number of allylic oxidation sites excluding steroid dienone is 2. The summed E-state index contributed by atoms with van der Waals surface area (Å²) in [5.41, 5.74) is 3.77. The summed E-state index contributed by atoms with van der Waals surface area (Å²) in [4.78, 5) is 26.3. The van der Waals surface area contributed by atoms with Crippen LogP contribution in [0.15, 0.2) is 85.0 Å². The second kappa shape index (κ2) is 12.2. The lowest BCUT2D eigenvalue weighted by Crippen LogP contribution is -2.34. The number of alkyl halides is 3. The zero-order valence-electron chi connectivity index (χ0n) is 21.1. The van der Waals surface area contributed by atoms with Crippen LogP contribution >= 0.6 is 12.4 Å². The van der Waals surface area contributed by atoms with Crippen LogP contribution in [-0.4, -0.2) is 37.1 Å². The number of benzene rings is 3. The molecule has 0 aliphatic carbocycles. The monoisotopic (exact) mass is 557 g/mol. The van der Waals surface area contributed by atoms with Crippen LogP contribution in [0, 0.1) is 0 Å². The molecule has 1 aliphatic heterocycles. The molecule has 0 aromatic heterocycles. The molecule has 1 aliphatic rings. The first-order valence-electron chi connectivity index (χ1n) is 11.8. The Hall–Kier alpha value is -4.08. The number of carbonyl (C=O) groups is 2. The van der Waals surface area contributed by atoms with Crippen molar-refractivity contribution in [3.8, 4) is 0 Å². The Morgan fingerprint density at radius 3 is 2.23 bits per heavy atom. The third-order valence-corrected chi connectivity index (χ3v) is 6.12. The number of hydrogen-bond donors (Lipinski definition) is 3. The zero-order chi connectivity index (χ0) is 27.4. The van der Waals surface area contributed by atoms with E-state index in [1.165, 1.54) is 24.3 Å². The van der Waals surface area contributed by atoms with Crippen LogP contribution in [0.1, 0.15) is 22.3 Å². The van der Waals surface area contributed by atoms with E-state index in [9.17, 15) is 27.9 Å². The largest absolute Gasteiger partial charge is 0.416 e. The Kier molecular flexibility index (Phi) is 9.21. The third-order valence-electron chi connectivity index (χ3n) is 6.12. The highest BCUT2D eigenvalue weighted by Crippen LogP contribution is 2.32. The van der Waals surface area contributed by atoms with Crippen LogP contribution in [0.2, 0.25) is 0 Å². The molecule has 0 radical (unpaired) electrons. The summed E-state index contributed by atoms with van der Waals surface area (Å²) in [7, 11) is 3.81. The summed E-state index contributed by atoms with van der Waals surface area (Å²) in [6.07, 6.45) is -1.09. The van der Waals surface area contributed by atoms with Crippen molar-refractivity contribution in [3.05, 3.63) is 107 Å². The van der Waals surface area contributed by atoms with Gasteiger partial charge in [0.2, 0.25) is 5.91 Å². The molecule has 1 heterocycles. The second-order valence-corrected chi connectivity index (χ2v) is 8.99. The molecule has 3 aromatic carbocycles. The Morgan fingerprint density at radius 2 is 1.64 bits per heavy atom. The molecule has 0 saturated heterocycles. The van der Waals surface area contributed by atoms with Crippen molar-refractivity contribution in [2.24, 2.45) is 0 Å². The molecule has 2 amide bonds. The highest BCUT2D eigenvalue weighted by molar-refractivity contribution is 6.03. The summed E-state index contributed by atoms with van der Waals surface area (Å²) < 4.78 is 39.2. The summed E-state index contributed by atoms with van der Waals surface area (Å²) in [5.74, 6) is -0.948. The molecule has 0 bridgehead atoms. The van der Waals surface area contributed by atoms with Gasteiger partial charge in [-0.2, -0.15) is 13.2 Å². The van der Waals surface area contributed by atoms with Gasteiger partial charge in [-0.3, -0.25) is 9.59 Å². The first kappa shape index (κ1) is 29.5. The number of hydrogen-bond acceptors (Lipinski definition) is 4. The molecule has 6 nitrogen and oxygen atoms in total. The number of carbonyl (C=O) groups excluding carboxylic acids is 2. The fourth-order valence-electron chi connectivity index (χ4n) is 4.09. The van der Waals surface area contributed by atoms with Crippen LogP contribution in [0.3, 0.4) is 0 Å². The van der Waals surface area contributed by atoms with Gasteiger partial charge in [-0.25, -0.2) is 0 Å². The minimum atomic E-state index is -4.44. The Bertz CT molecular complexity index is 1400. The van der Waals surface area contributed by atoms with Crippen molar-refractivity contribution in [1.29, 1.82) is 0 Å². The number of nitrogens with one attached hydrogen (secondary N) is 2. The zero-order valence-corrected chi connectivity index (χ0v) is 21.9. The van der Waals surface area contributed by atoms with Gasteiger partial charge >= 0.3 is 6.18 Å². The van der Waals surface area contributed by atoms with Gasteiger partial charge < -0.3 is 20.6 Å². The van der Waals surface area contributed by atoms with Gasteiger partial charge in [0.15, 0.2) is 0 Å². The SMILES string of the molecule is CN(C)c1ccc(/C(=C\C=C\C(=O)Nc2cccc3c2CC(O)C(=O)N3)c2ccc(C(F)(F)F)cc2)cc1.Cl. The van der Waals surface area contributed by atoms with Crippen LogP contribution in [0.25, 0.3) is 5.57 Å². The Balaban J connectivity index is 0.00000420. The maximum atomic E-state index is 13.1. The van der Waals surface area contributed by atoms with Crippen LogP contribution in [0.5, 0.6) is 0 Å². The number of rotatable bonds is 6. The van der Waals surface area contributed by atoms with E-state index in [1.54, 1.807) is 24.3 Å². The van der Waals surface area contributed by atoms with E-state index in [-0.39, 0.29) is 18.8 Å². The lowest BCUT2D eigenvalue weighted by molar-refractivity contribution is -0.137. The topological polar surface area (TPSA) is 81.7 Å². The summed E-state index contributed by atoms with van der Waals surface area (Å²) >= 11 is 0. The number of anilines is 3. The first-order valence-corrected chi connectivity index (χ1v) is 11.8. The number of aliphatic hydroxyl groups is 1. The molecular formula is C29H27ClF3N3O3. The van der Waals surface area contributed by atoms with Gasteiger partial charge in [0.05, 0.1) is 5.56 Å². The molecule has 3 N–H and O–H groups in total. The Morgan fingerprint density at radius 1 is 1.03 bits per heavy atom. The molecule has 1 atom stereocenters. The van der Waals surface area contributed by atoms with Crippen molar-refractivity contribution in [3.63, 3.8) is 0 Å². The van der Waals surface area contributed by atoms with Crippen molar-refractivity contribution >= 4 is 46.9 Å². The molecular weight excluding hydrogens is 531 g/mol. The van der Waals surface area contributed by atoms with Crippen LogP contribution in [0.4, 0.5) is 30.2 Å². The summed E-state index contributed by atoms with van der Waals surface area (Å²) in [6, 6.07) is 17.4. The van der Waals surface area contributed by atoms with Crippen LogP contribution in [-0.2, 0) is 22.2 Å². The van der Waals surface area contributed by atoms with E-state index in [0.717, 1.165) is 23.4 Å². The predicted octanol–water partition coefficient (Wildman–Crippen LogP) is 5.68. The van der Waals surface area contributed by atoms with Gasteiger partial charge in [0, 0.05) is 49.2 Å². The van der Waals surface area contributed by atoms with Gasteiger partial charge in [-0.05, 0) is 53.1 Å². The molecule has 3 aromatic rings. The maximum Gasteiger partial charge on any atom is 0.416 e. The molecule has 39 heavy (non-hydrogen) atoms. The first-order chi connectivity index (χ1) is 18.0. The van der Waals surface area contributed by atoms with E-state index < -0.39 is 29.7 Å². The maximum absolute atomic E-state index is 13.1. The average molecular weight is 558 g/mol. The van der Waals surface area contributed by atoms with Crippen molar-refractivity contribution in [2.75, 3.05) is 29.6 Å². The van der Waals surface area contributed by atoms with E-state index in [0.29, 0.717) is 28.1 Å². The third kappa shape index (κ3) is 7.07. The van der Waals surface area contributed by atoms with Crippen LogP contribution < -0.4 is 15.5 Å². The average Bonchev–Trinajstić information content (AvgIpc) is 2.87. The molecule has 0 spiro atoms. The fourth-order valence-corrected chi connectivity index (χ4v) is 4.09. The van der Waals surface area contributed by atoms with Crippen molar-refractivity contribution in [2.45, 2.75) is 18.7 Å². The summed E-state index contributed by atoms with van der Waals surface area (Å²) in [6.45, 7) is 0. The number of amides is 2. The van der Waals surface area contributed by atoms with Gasteiger partial charge in [-0.1, -0.05) is 42.5 Å². The Labute approximate surface area is 230 Å². The predicted molar refractivity (Wildman–Crippen MR) is 149 cm³/mol. The highest BCUT2D eigenvalue weighted by atomic mass is 35.5. The lowest BCUT2D eigenvalue weighted by Gasteiger charge is -2.23.